The van der Waals surface area contributed by atoms with E-state index in [0.29, 0.717) is 36.3 Å². The van der Waals surface area contributed by atoms with Crippen LogP contribution in [0.5, 0.6) is 0 Å². The summed E-state index contributed by atoms with van der Waals surface area (Å²) in [6.07, 6.45) is 0.903. The van der Waals surface area contributed by atoms with Crippen LogP contribution in [0.3, 0.4) is 0 Å². The smallest absolute Gasteiger partial charge is 0.268 e. The highest BCUT2D eigenvalue weighted by Gasteiger charge is 2.20. The quantitative estimate of drug-likeness (QED) is 0.336. The Morgan fingerprint density at radius 3 is 2.63 bits per heavy atom. The van der Waals surface area contributed by atoms with Crippen LogP contribution in [0.4, 0.5) is 5.69 Å². The lowest BCUT2D eigenvalue weighted by molar-refractivity contribution is -0.105. The normalized spacial score (nSPS) is 10.1. The van der Waals surface area contributed by atoms with Gasteiger partial charge in [0.2, 0.25) is 6.41 Å². The van der Waals surface area contributed by atoms with Crippen LogP contribution in [0.25, 0.3) is 0 Å². The second-order valence-electron chi connectivity index (χ2n) is 4.29. The number of amidine groups is 1. The molecule has 0 unspecified atom stereocenters. The molecule has 0 radical (unpaired) electrons. The van der Waals surface area contributed by atoms with Crippen molar-refractivity contribution in [3.8, 4) is 0 Å². The largest absolute Gasteiger partial charge is 0.388 e. The average molecular weight is 265 g/mol. The van der Waals surface area contributed by atoms with Crippen molar-refractivity contribution >= 4 is 23.8 Å². The minimum Gasteiger partial charge on any atom is -0.388 e. The summed E-state index contributed by atoms with van der Waals surface area (Å²) in [6.45, 7) is 3.91. The second-order valence-corrected chi connectivity index (χ2v) is 4.29. The molecular weight excluding hydrogens is 246 g/mol. The van der Waals surface area contributed by atoms with Crippen molar-refractivity contribution in [1.82, 2.24) is 9.88 Å². The number of nitrogens with zero attached hydrogens (tertiary/aromatic N) is 1. The van der Waals surface area contributed by atoms with Gasteiger partial charge >= 0.3 is 0 Å². The number of hydrogen-bond acceptors (Lipinski definition) is 3. The van der Waals surface area contributed by atoms with Gasteiger partial charge in [-0.25, -0.2) is 0 Å². The number of anilines is 1. The summed E-state index contributed by atoms with van der Waals surface area (Å²) >= 11 is 0. The highest BCUT2D eigenvalue weighted by atomic mass is 16.2. The van der Waals surface area contributed by atoms with Crippen molar-refractivity contribution in [2.75, 3.05) is 11.9 Å². The van der Waals surface area contributed by atoms with Crippen LogP contribution in [0.2, 0.25) is 0 Å². The average Bonchev–Trinajstić information content (AvgIpc) is 2.53. The Hall–Kier alpha value is -2.31. The fraction of sp³-hybridized carbons (Fsp3) is 0.417. The van der Waals surface area contributed by atoms with E-state index in [9.17, 15) is 9.59 Å². The van der Waals surface area contributed by atoms with E-state index >= 15 is 0 Å². The van der Waals surface area contributed by atoms with Crippen molar-refractivity contribution in [2.24, 2.45) is 12.8 Å². The van der Waals surface area contributed by atoms with Crippen molar-refractivity contribution < 1.29 is 9.59 Å². The Labute approximate surface area is 111 Å². The van der Waals surface area contributed by atoms with Crippen molar-refractivity contribution in [3.63, 3.8) is 0 Å². The molecule has 0 fully saturated rings. The summed E-state index contributed by atoms with van der Waals surface area (Å²) in [4.78, 5) is 22.6. The molecule has 5 N–H and O–H groups in total. The molecule has 7 nitrogen and oxygen atoms in total. The topological polar surface area (TPSA) is 113 Å². The number of carbonyl (C=O) groups excluding carboxylic acids is 2. The maximum Gasteiger partial charge on any atom is 0.268 e. The third kappa shape index (κ3) is 3.12. The molecule has 0 bridgehead atoms. The first kappa shape index (κ1) is 14.7. The Balaban J connectivity index is 2.94. The minimum absolute atomic E-state index is 0.0309. The first-order valence-corrected chi connectivity index (χ1v) is 5.87. The van der Waals surface area contributed by atoms with Crippen LogP contribution >= 0.6 is 0 Å². The van der Waals surface area contributed by atoms with Gasteiger partial charge in [0.25, 0.3) is 5.91 Å². The molecule has 7 heteroatoms. The molecule has 1 aromatic rings. The van der Waals surface area contributed by atoms with Crippen molar-refractivity contribution in [1.29, 1.82) is 5.41 Å². The van der Waals surface area contributed by atoms with Gasteiger partial charge in [0.1, 0.15) is 5.69 Å². The molecule has 2 amide bonds. The first-order valence-electron chi connectivity index (χ1n) is 5.87. The van der Waals surface area contributed by atoms with Gasteiger partial charge in [-0.05, 0) is 13.8 Å². The lowest BCUT2D eigenvalue weighted by Gasteiger charge is -2.07. The predicted octanol–water partition coefficient (Wildman–Crippen LogP) is 0.266. The number of nitrogens with one attached hydrogen (secondary N) is 3. The number of carbonyl (C=O) groups is 2. The minimum atomic E-state index is -0.247. The fourth-order valence-electron chi connectivity index (χ4n) is 1.97. The van der Waals surface area contributed by atoms with E-state index in [4.69, 9.17) is 11.1 Å². The van der Waals surface area contributed by atoms with Crippen LogP contribution in [0, 0.1) is 19.3 Å². The summed E-state index contributed by atoms with van der Waals surface area (Å²) in [5.74, 6) is -0.216. The highest BCUT2D eigenvalue weighted by Crippen LogP contribution is 2.25. The van der Waals surface area contributed by atoms with E-state index in [0.717, 1.165) is 5.69 Å². The molecule has 19 heavy (non-hydrogen) atoms. The predicted molar refractivity (Wildman–Crippen MR) is 73.4 cm³/mol. The van der Waals surface area contributed by atoms with E-state index < -0.39 is 0 Å². The zero-order chi connectivity index (χ0) is 14.6. The molecule has 0 spiro atoms. The number of aromatic nitrogens is 1. The van der Waals surface area contributed by atoms with Crippen molar-refractivity contribution in [3.05, 3.63) is 17.0 Å². The van der Waals surface area contributed by atoms with Crippen LogP contribution in [-0.2, 0) is 11.8 Å². The van der Waals surface area contributed by atoms with E-state index in [1.807, 2.05) is 6.92 Å². The second kappa shape index (κ2) is 6.03. The number of nitrogens with two attached hydrogens (primary N) is 1. The fourth-order valence-corrected chi connectivity index (χ4v) is 1.97. The van der Waals surface area contributed by atoms with Crippen LogP contribution in [0.15, 0.2) is 0 Å². The number of hydrogen-bond donors (Lipinski definition) is 4. The van der Waals surface area contributed by atoms with Gasteiger partial charge in [-0.15, -0.1) is 0 Å². The SMILES string of the molecule is Cc1c(NC=O)c(C)n(C)c1C(=O)NCCC(=N)N. The Morgan fingerprint density at radius 1 is 1.47 bits per heavy atom. The van der Waals surface area contributed by atoms with Gasteiger partial charge < -0.3 is 20.9 Å². The Kier molecular flexibility index (Phi) is 4.68. The van der Waals surface area contributed by atoms with Crippen LogP contribution in [-0.4, -0.2) is 29.3 Å². The molecule has 1 aromatic heterocycles. The zero-order valence-corrected chi connectivity index (χ0v) is 11.3. The van der Waals surface area contributed by atoms with E-state index in [2.05, 4.69) is 10.6 Å². The summed E-state index contributed by atoms with van der Waals surface area (Å²) in [5.41, 5.74) is 7.88. The van der Waals surface area contributed by atoms with Crippen molar-refractivity contribution in [2.45, 2.75) is 20.3 Å². The van der Waals surface area contributed by atoms with Gasteiger partial charge in [0.15, 0.2) is 0 Å². The monoisotopic (exact) mass is 265 g/mol. The molecule has 0 aromatic carbocycles. The molecule has 1 heterocycles. The van der Waals surface area contributed by atoms with Gasteiger partial charge in [-0.1, -0.05) is 0 Å². The van der Waals surface area contributed by atoms with E-state index in [-0.39, 0.29) is 11.7 Å². The molecule has 0 aliphatic heterocycles. The molecule has 0 atom stereocenters. The lowest BCUT2D eigenvalue weighted by atomic mass is 10.2. The molecular formula is C12H19N5O2. The Bertz CT molecular complexity index is 519. The van der Waals surface area contributed by atoms with Crippen LogP contribution in [0.1, 0.15) is 28.2 Å². The summed E-state index contributed by atoms with van der Waals surface area (Å²) in [5, 5.41) is 12.4. The lowest BCUT2D eigenvalue weighted by Crippen LogP contribution is -2.29. The number of rotatable bonds is 6. The summed E-state index contributed by atoms with van der Waals surface area (Å²) in [6, 6.07) is 0. The maximum absolute atomic E-state index is 12.1. The van der Waals surface area contributed by atoms with Gasteiger partial charge in [0, 0.05) is 31.3 Å². The highest BCUT2D eigenvalue weighted by molar-refractivity contribution is 5.97. The summed E-state index contributed by atoms with van der Waals surface area (Å²) < 4.78 is 1.73. The molecule has 1 rings (SSSR count). The standard InChI is InChI=1S/C12H19N5O2/c1-7-10(16-6-18)8(2)17(3)11(7)12(19)15-5-4-9(13)14/h6H,4-5H2,1-3H3,(H3,13,14)(H,15,19)(H,16,18). The first-order chi connectivity index (χ1) is 8.90. The summed E-state index contributed by atoms with van der Waals surface area (Å²) in [7, 11) is 1.76. The third-order valence-corrected chi connectivity index (χ3v) is 3.03. The third-order valence-electron chi connectivity index (χ3n) is 3.03. The van der Waals surface area contributed by atoms with Crippen LogP contribution < -0.4 is 16.4 Å². The van der Waals surface area contributed by atoms with E-state index in [1.165, 1.54) is 0 Å². The molecule has 0 aliphatic rings. The molecule has 104 valence electrons. The molecule has 0 saturated carbocycles. The van der Waals surface area contributed by atoms with E-state index in [1.54, 1.807) is 18.5 Å². The maximum atomic E-state index is 12.1. The molecule has 0 saturated heterocycles. The number of amides is 2. The zero-order valence-electron chi connectivity index (χ0n) is 11.3. The molecule has 0 aliphatic carbocycles. The Morgan fingerprint density at radius 2 is 2.11 bits per heavy atom. The van der Waals surface area contributed by atoms with Gasteiger partial charge in [-0.2, -0.15) is 0 Å². The van der Waals surface area contributed by atoms with Gasteiger partial charge in [0.05, 0.1) is 11.5 Å². The van der Waals surface area contributed by atoms with Gasteiger partial charge in [-0.3, -0.25) is 15.0 Å².